The third kappa shape index (κ3) is 3.82. The van der Waals surface area contributed by atoms with Crippen LogP contribution in [0.15, 0.2) is 36.7 Å². The van der Waals surface area contributed by atoms with Gasteiger partial charge in [-0.3, -0.25) is 4.79 Å². The third-order valence-corrected chi connectivity index (χ3v) is 4.19. The summed E-state index contributed by atoms with van der Waals surface area (Å²) in [6.45, 7) is 3.77. The van der Waals surface area contributed by atoms with E-state index in [1.807, 2.05) is 29.2 Å². The van der Waals surface area contributed by atoms with Gasteiger partial charge in [-0.25, -0.2) is 9.97 Å². The van der Waals surface area contributed by atoms with Crippen molar-refractivity contribution in [1.82, 2.24) is 14.9 Å². The van der Waals surface area contributed by atoms with Crippen LogP contribution in [0.1, 0.15) is 30.3 Å². The molecule has 0 aliphatic carbocycles. The van der Waals surface area contributed by atoms with Crippen LogP contribution in [0.25, 0.3) is 0 Å². The number of hydrogen-bond donors (Lipinski definition) is 1. The van der Waals surface area contributed by atoms with E-state index >= 15 is 0 Å². The number of piperidine rings is 1. The highest BCUT2D eigenvalue weighted by Crippen LogP contribution is 2.20. The van der Waals surface area contributed by atoms with E-state index in [2.05, 4.69) is 22.2 Å². The van der Waals surface area contributed by atoms with Crippen molar-refractivity contribution in [2.75, 3.05) is 25.5 Å². The molecule has 1 unspecified atom stereocenters. The number of likely N-dealkylation sites (tertiary alicyclic amines) is 1. The minimum atomic E-state index is -0.0262. The summed E-state index contributed by atoms with van der Waals surface area (Å²) >= 11 is 0. The molecule has 3 rings (SSSR count). The van der Waals surface area contributed by atoms with Gasteiger partial charge in [0.15, 0.2) is 0 Å². The first-order valence-electron chi connectivity index (χ1n) is 8.18. The molecule has 2 aromatic rings. The summed E-state index contributed by atoms with van der Waals surface area (Å²) in [5.41, 5.74) is 1.30. The lowest BCUT2D eigenvalue weighted by Crippen LogP contribution is -2.39. The summed E-state index contributed by atoms with van der Waals surface area (Å²) < 4.78 is 5.14. The maximum atomic E-state index is 12.6. The predicted octanol–water partition coefficient (Wildman–Crippen LogP) is 3.10. The van der Waals surface area contributed by atoms with Crippen LogP contribution in [-0.4, -0.2) is 41.0 Å². The monoisotopic (exact) mass is 326 g/mol. The second-order valence-corrected chi connectivity index (χ2v) is 6.14. The zero-order valence-electron chi connectivity index (χ0n) is 14.0. The number of nitrogens with one attached hydrogen (secondary N) is 1. The van der Waals surface area contributed by atoms with Crippen molar-refractivity contribution < 1.29 is 9.53 Å². The van der Waals surface area contributed by atoms with Crippen LogP contribution in [0.5, 0.6) is 5.75 Å². The van der Waals surface area contributed by atoms with Gasteiger partial charge in [-0.05, 0) is 43.0 Å². The molecule has 1 amide bonds. The van der Waals surface area contributed by atoms with Crippen LogP contribution >= 0.6 is 0 Å². The Morgan fingerprint density at radius 2 is 2.08 bits per heavy atom. The molecule has 0 radical (unpaired) electrons. The zero-order chi connectivity index (χ0) is 16.9. The first kappa shape index (κ1) is 16.2. The van der Waals surface area contributed by atoms with Crippen LogP contribution in [0.4, 0.5) is 11.5 Å². The molecule has 0 spiro atoms. The zero-order valence-corrected chi connectivity index (χ0v) is 14.0. The average Bonchev–Trinajstić information content (AvgIpc) is 2.62. The van der Waals surface area contributed by atoms with Crippen molar-refractivity contribution in [3.8, 4) is 5.75 Å². The van der Waals surface area contributed by atoms with Gasteiger partial charge in [-0.2, -0.15) is 0 Å². The van der Waals surface area contributed by atoms with Gasteiger partial charge in [0.1, 0.15) is 23.6 Å². The van der Waals surface area contributed by atoms with Gasteiger partial charge in [-0.15, -0.1) is 0 Å². The molecule has 1 aliphatic rings. The molecule has 6 nitrogen and oxygen atoms in total. The molecule has 0 bridgehead atoms. The Morgan fingerprint density at radius 1 is 1.29 bits per heavy atom. The van der Waals surface area contributed by atoms with Crippen LogP contribution in [-0.2, 0) is 0 Å². The Labute approximate surface area is 141 Å². The third-order valence-electron chi connectivity index (χ3n) is 4.19. The van der Waals surface area contributed by atoms with Gasteiger partial charge in [0, 0.05) is 24.8 Å². The number of aromatic nitrogens is 2. The molecule has 1 aromatic heterocycles. The fourth-order valence-electron chi connectivity index (χ4n) is 2.90. The molecule has 6 heteroatoms. The van der Waals surface area contributed by atoms with Gasteiger partial charge >= 0.3 is 0 Å². The van der Waals surface area contributed by atoms with Crippen LogP contribution < -0.4 is 10.1 Å². The van der Waals surface area contributed by atoms with Crippen molar-refractivity contribution in [2.24, 2.45) is 5.92 Å². The van der Waals surface area contributed by atoms with Gasteiger partial charge in [0.05, 0.1) is 7.11 Å². The van der Waals surface area contributed by atoms with Gasteiger partial charge < -0.3 is 15.0 Å². The highest BCUT2D eigenvalue weighted by atomic mass is 16.5. The van der Waals surface area contributed by atoms with Crippen molar-refractivity contribution in [3.05, 3.63) is 42.4 Å². The second kappa shape index (κ2) is 7.29. The van der Waals surface area contributed by atoms with Gasteiger partial charge in [0.25, 0.3) is 5.91 Å². The summed E-state index contributed by atoms with van der Waals surface area (Å²) in [5, 5.41) is 3.18. The molecule has 1 N–H and O–H groups in total. The number of carbonyl (C=O) groups is 1. The maximum absolute atomic E-state index is 12.6. The molecule has 1 atom stereocenters. The van der Waals surface area contributed by atoms with E-state index in [4.69, 9.17) is 4.74 Å². The van der Waals surface area contributed by atoms with Crippen molar-refractivity contribution in [1.29, 1.82) is 0 Å². The number of amides is 1. The van der Waals surface area contributed by atoms with E-state index in [0.29, 0.717) is 17.4 Å². The molecule has 1 fully saturated rings. The lowest BCUT2D eigenvalue weighted by atomic mass is 10.00. The number of anilines is 2. The molecule has 24 heavy (non-hydrogen) atoms. The number of methoxy groups -OCH3 is 1. The number of carbonyl (C=O) groups excluding carboxylic acids is 1. The van der Waals surface area contributed by atoms with E-state index in [1.54, 1.807) is 13.2 Å². The van der Waals surface area contributed by atoms with Crippen molar-refractivity contribution in [3.63, 3.8) is 0 Å². The fraction of sp³-hybridized carbons (Fsp3) is 0.389. The molecule has 1 aromatic carbocycles. The first-order chi connectivity index (χ1) is 11.7. The SMILES string of the molecule is COc1ccc(Nc2cc(C(=O)N3CCCC(C)C3)ncn2)cc1. The smallest absolute Gasteiger partial charge is 0.272 e. The van der Waals surface area contributed by atoms with Gasteiger partial charge in [0.2, 0.25) is 0 Å². The van der Waals surface area contributed by atoms with Gasteiger partial charge in [-0.1, -0.05) is 6.92 Å². The summed E-state index contributed by atoms with van der Waals surface area (Å²) in [6, 6.07) is 9.23. The number of ether oxygens (including phenoxy) is 1. The minimum absolute atomic E-state index is 0.0262. The van der Waals surface area contributed by atoms with E-state index in [1.165, 1.54) is 12.7 Å². The van der Waals surface area contributed by atoms with Crippen molar-refractivity contribution >= 4 is 17.4 Å². The molecule has 1 aliphatic heterocycles. The summed E-state index contributed by atoms with van der Waals surface area (Å²) in [6.07, 6.45) is 3.65. The normalized spacial score (nSPS) is 17.4. The highest BCUT2D eigenvalue weighted by molar-refractivity contribution is 5.93. The van der Waals surface area contributed by atoms with E-state index in [-0.39, 0.29) is 5.91 Å². The Hall–Kier alpha value is -2.63. The molecular weight excluding hydrogens is 304 g/mol. The quantitative estimate of drug-likeness (QED) is 0.935. The highest BCUT2D eigenvalue weighted by Gasteiger charge is 2.23. The van der Waals surface area contributed by atoms with E-state index in [0.717, 1.165) is 30.9 Å². The Bertz CT molecular complexity index is 702. The lowest BCUT2D eigenvalue weighted by molar-refractivity contribution is 0.0677. The van der Waals surface area contributed by atoms with Crippen LogP contribution in [0, 0.1) is 5.92 Å². The van der Waals surface area contributed by atoms with E-state index < -0.39 is 0 Å². The molecule has 1 saturated heterocycles. The Balaban J connectivity index is 1.72. The molecular formula is C18H22N4O2. The molecule has 0 saturated carbocycles. The van der Waals surface area contributed by atoms with Crippen LogP contribution in [0.3, 0.4) is 0 Å². The lowest BCUT2D eigenvalue weighted by Gasteiger charge is -2.30. The first-order valence-corrected chi connectivity index (χ1v) is 8.18. The topological polar surface area (TPSA) is 67.3 Å². The molecule has 126 valence electrons. The Morgan fingerprint density at radius 3 is 2.79 bits per heavy atom. The van der Waals surface area contributed by atoms with Crippen molar-refractivity contribution in [2.45, 2.75) is 19.8 Å². The number of nitrogens with zero attached hydrogens (tertiary/aromatic N) is 3. The minimum Gasteiger partial charge on any atom is -0.497 e. The second-order valence-electron chi connectivity index (χ2n) is 6.14. The maximum Gasteiger partial charge on any atom is 0.272 e. The largest absolute Gasteiger partial charge is 0.497 e. The number of rotatable bonds is 4. The molecule has 2 heterocycles. The van der Waals surface area contributed by atoms with E-state index in [9.17, 15) is 4.79 Å². The summed E-state index contributed by atoms with van der Waals surface area (Å²) in [4.78, 5) is 22.8. The summed E-state index contributed by atoms with van der Waals surface area (Å²) in [5.74, 6) is 1.91. The standard InChI is InChI=1S/C18H22N4O2/c1-13-4-3-9-22(11-13)18(23)16-10-17(20-12-19-16)21-14-5-7-15(24-2)8-6-14/h5-8,10,12-13H,3-4,9,11H2,1-2H3,(H,19,20,21). The number of hydrogen-bond acceptors (Lipinski definition) is 5. The summed E-state index contributed by atoms with van der Waals surface area (Å²) in [7, 11) is 1.63. The average molecular weight is 326 g/mol. The van der Waals surface area contributed by atoms with Crippen LogP contribution in [0.2, 0.25) is 0 Å². The Kier molecular flexibility index (Phi) is 4.93. The predicted molar refractivity (Wildman–Crippen MR) is 92.6 cm³/mol. The fourth-order valence-corrected chi connectivity index (χ4v) is 2.90. The number of benzene rings is 1.